The van der Waals surface area contributed by atoms with Gasteiger partial charge in [-0.05, 0) is 17.7 Å². The van der Waals surface area contributed by atoms with Crippen molar-refractivity contribution in [2.24, 2.45) is 0 Å². The van der Waals surface area contributed by atoms with E-state index in [2.05, 4.69) is 11.1 Å². The van der Waals surface area contributed by atoms with Gasteiger partial charge in [0.05, 0.1) is 17.7 Å². The third-order valence-corrected chi connectivity index (χ3v) is 2.62. The topological polar surface area (TPSA) is 48.8 Å². The molecule has 0 saturated heterocycles. The zero-order chi connectivity index (χ0) is 11.5. The molecule has 0 aliphatic heterocycles. The maximum Gasteiger partial charge on any atom is 0.137 e. The number of nitriles is 1. The van der Waals surface area contributed by atoms with E-state index in [0.717, 1.165) is 11.1 Å². The van der Waals surface area contributed by atoms with Crippen molar-refractivity contribution in [3.8, 4) is 22.9 Å². The van der Waals surface area contributed by atoms with Crippen LogP contribution in [-0.4, -0.2) is 12.1 Å². The molecule has 80 valence electrons. The van der Waals surface area contributed by atoms with Crippen LogP contribution in [0, 0.1) is 11.3 Å². The summed E-state index contributed by atoms with van der Waals surface area (Å²) >= 11 is 6.02. The number of methoxy groups -OCH3 is 1. The summed E-state index contributed by atoms with van der Waals surface area (Å²) in [6, 6.07) is 7.55. The average molecular weight is 233 g/mol. The van der Waals surface area contributed by atoms with Gasteiger partial charge in [0.2, 0.25) is 0 Å². The SMILES string of the molecule is COc1ccc(-c2c[nH]cc2C#N)cc1Cl. The highest BCUT2D eigenvalue weighted by molar-refractivity contribution is 6.32. The van der Waals surface area contributed by atoms with E-state index in [9.17, 15) is 0 Å². The summed E-state index contributed by atoms with van der Waals surface area (Å²) < 4.78 is 5.07. The lowest BCUT2D eigenvalue weighted by atomic mass is 10.1. The molecule has 0 bridgehead atoms. The molecule has 0 fully saturated rings. The van der Waals surface area contributed by atoms with Gasteiger partial charge < -0.3 is 9.72 Å². The molecule has 1 N–H and O–H groups in total. The smallest absolute Gasteiger partial charge is 0.137 e. The summed E-state index contributed by atoms with van der Waals surface area (Å²) in [5.74, 6) is 0.625. The maximum absolute atomic E-state index is 8.91. The molecule has 0 aliphatic carbocycles. The van der Waals surface area contributed by atoms with Crippen LogP contribution < -0.4 is 4.74 Å². The molecular formula is C12H9ClN2O. The number of halogens is 1. The van der Waals surface area contributed by atoms with E-state index in [4.69, 9.17) is 21.6 Å². The van der Waals surface area contributed by atoms with Crippen molar-refractivity contribution in [1.82, 2.24) is 4.98 Å². The van der Waals surface area contributed by atoms with E-state index < -0.39 is 0 Å². The van der Waals surface area contributed by atoms with Gasteiger partial charge in [-0.15, -0.1) is 0 Å². The van der Waals surface area contributed by atoms with Gasteiger partial charge in [-0.2, -0.15) is 5.26 Å². The van der Waals surface area contributed by atoms with Crippen LogP contribution in [-0.2, 0) is 0 Å². The second kappa shape index (κ2) is 4.30. The number of nitrogens with one attached hydrogen (secondary N) is 1. The standard InChI is InChI=1S/C12H9ClN2O/c1-16-12-3-2-8(4-11(12)13)10-7-15-6-9(10)5-14/h2-4,6-7,15H,1H3. The molecule has 0 spiro atoms. The number of hydrogen-bond acceptors (Lipinski definition) is 2. The molecule has 0 amide bonds. The fraction of sp³-hybridized carbons (Fsp3) is 0.0833. The lowest BCUT2D eigenvalue weighted by Gasteiger charge is -2.05. The molecule has 4 heteroatoms. The van der Waals surface area contributed by atoms with Gasteiger partial charge in [-0.3, -0.25) is 0 Å². The Kier molecular flexibility index (Phi) is 2.84. The molecule has 0 radical (unpaired) electrons. The summed E-state index contributed by atoms with van der Waals surface area (Å²) in [6.07, 6.45) is 3.43. The summed E-state index contributed by atoms with van der Waals surface area (Å²) in [5.41, 5.74) is 2.33. The highest BCUT2D eigenvalue weighted by Gasteiger charge is 2.08. The van der Waals surface area contributed by atoms with E-state index in [0.29, 0.717) is 16.3 Å². The van der Waals surface area contributed by atoms with E-state index in [-0.39, 0.29) is 0 Å². The monoisotopic (exact) mass is 232 g/mol. The number of benzene rings is 1. The molecule has 1 aromatic carbocycles. The van der Waals surface area contributed by atoms with Gasteiger partial charge >= 0.3 is 0 Å². The molecule has 1 aromatic heterocycles. The van der Waals surface area contributed by atoms with Crippen molar-refractivity contribution in [2.45, 2.75) is 0 Å². The molecule has 2 aromatic rings. The third-order valence-electron chi connectivity index (χ3n) is 2.33. The largest absolute Gasteiger partial charge is 0.495 e. The number of aromatic nitrogens is 1. The minimum atomic E-state index is 0.532. The Morgan fingerprint density at radius 3 is 2.81 bits per heavy atom. The highest BCUT2D eigenvalue weighted by atomic mass is 35.5. The number of hydrogen-bond donors (Lipinski definition) is 1. The summed E-state index contributed by atoms with van der Waals surface area (Å²) in [7, 11) is 1.57. The molecule has 16 heavy (non-hydrogen) atoms. The summed E-state index contributed by atoms with van der Waals surface area (Å²) in [4.78, 5) is 2.90. The quantitative estimate of drug-likeness (QED) is 0.864. The van der Waals surface area contributed by atoms with Crippen LogP contribution in [0.5, 0.6) is 5.75 Å². The first-order chi connectivity index (χ1) is 7.76. The van der Waals surface area contributed by atoms with Gasteiger partial charge in [0, 0.05) is 18.0 Å². The number of ether oxygens (including phenoxy) is 1. The molecule has 3 nitrogen and oxygen atoms in total. The number of nitrogens with zero attached hydrogens (tertiary/aromatic N) is 1. The van der Waals surface area contributed by atoms with Crippen molar-refractivity contribution in [2.75, 3.05) is 7.11 Å². The average Bonchev–Trinajstić information content (AvgIpc) is 2.77. The number of rotatable bonds is 2. The van der Waals surface area contributed by atoms with Crippen LogP contribution in [0.1, 0.15) is 5.56 Å². The first-order valence-corrected chi connectivity index (χ1v) is 5.05. The van der Waals surface area contributed by atoms with Gasteiger partial charge in [0.15, 0.2) is 0 Å². The van der Waals surface area contributed by atoms with Gasteiger partial charge in [-0.1, -0.05) is 17.7 Å². The lowest BCUT2D eigenvalue weighted by Crippen LogP contribution is -1.85. The predicted molar refractivity (Wildman–Crippen MR) is 62.5 cm³/mol. The molecule has 0 saturated carbocycles. The number of aromatic amines is 1. The minimum absolute atomic E-state index is 0.532. The van der Waals surface area contributed by atoms with E-state index in [1.54, 1.807) is 31.6 Å². The Morgan fingerprint density at radius 1 is 1.38 bits per heavy atom. The second-order valence-electron chi connectivity index (χ2n) is 3.24. The van der Waals surface area contributed by atoms with E-state index in [1.807, 2.05) is 6.07 Å². The second-order valence-corrected chi connectivity index (χ2v) is 3.65. The summed E-state index contributed by atoms with van der Waals surface area (Å²) in [5, 5.41) is 9.44. The fourth-order valence-electron chi connectivity index (χ4n) is 1.53. The number of H-pyrrole nitrogens is 1. The van der Waals surface area contributed by atoms with Gasteiger partial charge in [0.25, 0.3) is 0 Å². The Bertz CT molecular complexity index is 554. The van der Waals surface area contributed by atoms with Crippen molar-refractivity contribution in [3.63, 3.8) is 0 Å². The Morgan fingerprint density at radius 2 is 2.19 bits per heavy atom. The van der Waals surface area contributed by atoms with Crippen molar-refractivity contribution in [3.05, 3.63) is 41.2 Å². The molecule has 0 unspecified atom stereocenters. The molecule has 0 atom stereocenters. The van der Waals surface area contributed by atoms with Crippen LogP contribution in [0.15, 0.2) is 30.6 Å². The normalized spacial score (nSPS) is 9.81. The van der Waals surface area contributed by atoms with E-state index in [1.165, 1.54) is 0 Å². The molecule has 1 heterocycles. The first kappa shape index (κ1) is 10.6. The third kappa shape index (κ3) is 1.75. The zero-order valence-corrected chi connectivity index (χ0v) is 9.38. The first-order valence-electron chi connectivity index (χ1n) is 4.67. The Labute approximate surface area is 98.2 Å². The van der Waals surface area contributed by atoms with Crippen LogP contribution in [0.2, 0.25) is 5.02 Å². The van der Waals surface area contributed by atoms with E-state index >= 15 is 0 Å². The maximum atomic E-state index is 8.91. The molecule has 0 aliphatic rings. The van der Waals surface area contributed by atoms with Gasteiger partial charge in [-0.25, -0.2) is 0 Å². The predicted octanol–water partition coefficient (Wildman–Crippen LogP) is 3.22. The highest BCUT2D eigenvalue weighted by Crippen LogP contribution is 2.31. The van der Waals surface area contributed by atoms with Crippen molar-refractivity contribution in [1.29, 1.82) is 5.26 Å². The van der Waals surface area contributed by atoms with Crippen LogP contribution >= 0.6 is 11.6 Å². The molecular weight excluding hydrogens is 224 g/mol. The van der Waals surface area contributed by atoms with Crippen LogP contribution in [0.3, 0.4) is 0 Å². The van der Waals surface area contributed by atoms with Gasteiger partial charge in [0.1, 0.15) is 11.8 Å². The molecule has 2 rings (SSSR count). The van der Waals surface area contributed by atoms with Crippen molar-refractivity contribution < 1.29 is 4.74 Å². The Hall–Kier alpha value is -1.92. The van der Waals surface area contributed by atoms with Crippen molar-refractivity contribution >= 4 is 11.6 Å². The lowest BCUT2D eigenvalue weighted by molar-refractivity contribution is 0.415. The Balaban J connectivity index is 2.50. The van der Waals surface area contributed by atoms with Crippen LogP contribution in [0.25, 0.3) is 11.1 Å². The summed E-state index contributed by atoms with van der Waals surface area (Å²) in [6.45, 7) is 0. The minimum Gasteiger partial charge on any atom is -0.495 e. The zero-order valence-electron chi connectivity index (χ0n) is 8.62. The van der Waals surface area contributed by atoms with Crippen LogP contribution in [0.4, 0.5) is 0 Å². The fourth-order valence-corrected chi connectivity index (χ4v) is 1.79.